The zero-order chi connectivity index (χ0) is 13.8. The molecular weight excluding hydrogens is 238 g/mol. The van der Waals surface area contributed by atoms with Crippen molar-refractivity contribution in [3.63, 3.8) is 0 Å². The van der Waals surface area contributed by atoms with E-state index in [1.54, 1.807) is 12.3 Å². The Hall–Kier alpha value is -2.16. The number of carbonyl (C=O) groups is 1. The molecule has 0 aliphatic heterocycles. The molecule has 1 N–H and O–H groups in total. The van der Waals surface area contributed by atoms with E-state index in [0.29, 0.717) is 12.1 Å². The van der Waals surface area contributed by atoms with Crippen molar-refractivity contribution in [2.45, 2.75) is 26.2 Å². The maximum absolute atomic E-state index is 11.5. The van der Waals surface area contributed by atoms with Gasteiger partial charge in [0.05, 0.1) is 5.69 Å². The molecule has 1 unspecified atom stereocenters. The fraction of sp³-hybridized carbons (Fsp3) is 0.250. The molecule has 1 atom stereocenters. The van der Waals surface area contributed by atoms with Gasteiger partial charge in [-0.05, 0) is 43.0 Å². The average Bonchev–Trinajstić information content (AvgIpc) is 2.39. The number of hydrogen-bond donors (Lipinski definition) is 1. The van der Waals surface area contributed by atoms with Crippen molar-refractivity contribution in [3.05, 3.63) is 65.0 Å². The third-order valence-electron chi connectivity index (χ3n) is 3.27. The standard InChI is InChI=1S/C16H17NO2/c1-11-7-8-15(17-10-11)14(16(18)19)9-13-6-4-3-5-12(13)2/h3-8,10,14H,9H2,1-2H3,(H,18,19). The lowest BCUT2D eigenvalue weighted by Gasteiger charge is -2.13. The maximum atomic E-state index is 11.5. The second-order valence-corrected chi connectivity index (χ2v) is 4.78. The van der Waals surface area contributed by atoms with E-state index < -0.39 is 11.9 Å². The van der Waals surface area contributed by atoms with E-state index in [1.165, 1.54) is 0 Å². The summed E-state index contributed by atoms with van der Waals surface area (Å²) in [7, 11) is 0. The Morgan fingerprint density at radius 1 is 1.21 bits per heavy atom. The van der Waals surface area contributed by atoms with E-state index >= 15 is 0 Å². The number of aliphatic carboxylic acids is 1. The lowest BCUT2D eigenvalue weighted by Crippen LogP contribution is -2.16. The van der Waals surface area contributed by atoms with Crippen LogP contribution in [0.1, 0.15) is 28.3 Å². The van der Waals surface area contributed by atoms with Crippen molar-refractivity contribution < 1.29 is 9.90 Å². The Kier molecular flexibility index (Phi) is 3.95. The van der Waals surface area contributed by atoms with Crippen molar-refractivity contribution in [2.75, 3.05) is 0 Å². The number of hydrogen-bond acceptors (Lipinski definition) is 2. The van der Waals surface area contributed by atoms with Gasteiger partial charge in [0.1, 0.15) is 5.92 Å². The molecule has 0 saturated carbocycles. The number of nitrogens with zero attached hydrogens (tertiary/aromatic N) is 1. The van der Waals surface area contributed by atoms with E-state index in [9.17, 15) is 9.90 Å². The SMILES string of the molecule is Cc1ccc(C(Cc2ccccc2C)C(=O)O)nc1. The normalized spacial score (nSPS) is 12.1. The van der Waals surface area contributed by atoms with Gasteiger partial charge in [0.25, 0.3) is 0 Å². The first kappa shape index (κ1) is 13.3. The molecule has 1 aromatic heterocycles. The molecule has 1 heterocycles. The topological polar surface area (TPSA) is 50.2 Å². The first-order chi connectivity index (χ1) is 9.08. The molecule has 3 heteroatoms. The van der Waals surface area contributed by atoms with Crippen molar-refractivity contribution in [1.29, 1.82) is 0 Å². The van der Waals surface area contributed by atoms with Crippen molar-refractivity contribution in [2.24, 2.45) is 0 Å². The fourth-order valence-corrected chi connectivity index (χ4v) is 2.06. The van der Waals surface area contributed by atoms with Crippen LogP contribution in [0, 0.1) is 13.8 Å². The van der Waals surface area contributed by atoms with E-state index in [0.717, 1.165) is 16.7 Å². The first-order valence-electron chi connectivity index (χ1n) is 6.28. The third-order valence-corrected chi connectivity index (χ3v) is 3.27. The van der Waals surface area contributed by atoms with Gasteiger partial charge in [-0.2, -0.15) is 0 Å². The second kappa shape index (κ2) is 5.65. The molecular formula is C16H17NO2. The van der Waals surface area contributed by atoms with Crippen LogP contribution in [0.5, 0.6) is 0 Å². The van der Waals surface area contributed by atoms with Crippen LogP contribution in [0.15, 0.2) is 42.6 Å². The van der Waals surface area contributed by atoms with Crippen LogP contribution in [0.25, 0.3) is 0 Å². The monoisotopic (exact) mass is 255 g/mol. The van der Waals surface area contributed by atoms with Gasteiger partial charge >= 0.3 is 5.97 Å². The highest BCUT2D eigenvalue weighted by atomic mass is 16.4. The summed E-state index contributed by atoms with van der Waals surface area (Å²) >= 11 is 0. The highest BCUT2D eigenvalue weighted by Gasteiger charge is 2.22. The highest BCUT2D eigenvalue weighted by Crippen LogP contribution is 2.21. The number of rotatable bonds is 4. The molecule has 1 aromatic carbocycles. The Morgan fingerprint density at radius 2 is 1.95 bits per heavy atom. The summed E-state index contributed by atoms with van der Waals surface area (Å²) in [5, 5.41) is 9.41. The molecule has 0 radical (unpaired) electrons. The number of aryl methyl sites for hydroxylation is 2. The van der Waals surface area contributed by atoms with Crippen molar-refractivity contribution in [3.8, 4) is 0 Å². The van der Waals surface area contributed by atoms with Crippen LogP contribution in [0.2, 0.25) is 0 Å². The Bertz CT molecular complexity index is 576. The van der Waals surface area contributed by atoms with Crippen LogP contribution < -0.4 is 0 Å². The third kappa shape index (κ3) is 3.19. The van der Waals surface area contributed by atoms with E-state index in [4.69, 9.17) is 0 Å². The van der Waals surface area contributed by atoms with Crippen LogP contribution in [-0.2, 0) is 11.2 Å². The summed E-state index contributed by atoms with van der Waals surface area (Å²) in [4.78, 5) is 15.7. The zero-order valence-corrected chi connectivity index (χ0v) is 11.1. The van der Waals surface area contributed by atoms with Gasteiger partial charge in [-0.15, -0.1) is 0 Å². The van der Waals surface area contributed by atoms with E-state index in [1.807, 2.05) is 44.2 Å². The Balaban J connectivity index is 2.29. The van der Waals surface area contributed by atoms with Gasteiger partial charge in [0.15, 0.2) is 0 Å². The van der Waals surface area contributed by atoms with E-state index in [2.05, 4.69) is 4.98 Å². The van der Waals surface area contributed by atoms with Crippen LogP contribution in [-0.4, -0.2) is 16.1 Å². The summed E-state index contributed by atoms with van der Waals surface area (Å²) in [6, 6.07) is 11.6. The number of benzene rings is 1. The van der Waals surface area contributed by atoms with Gasteiger partial charge in [-0.25, -0.2) is 0 Å². The predicted molar refractivity (Wildman–Crippen MR) is 74.2 cm³/mol. The maximum Gasteiger partial charge on any atom is 0.312 e. The van der Waals surface area contributed by atoms with Crippen LogP contribution in [0.3, 0.4) is 0 Å². The molecule has 19 heavy (non-hydrogen) atoms. The molecule has 3 nitrogen and oxygen atoms in total. The quantitative estimate of drug-likeness (QED) is 0.913. The molecule has 2 rings (SSSR count). The summed E-state index contributed by atoms with van der Waals surface area (Å²) < 4.78 is 0. The van der Waals surface area contributed by atoms with Gasteiger partial charge in [0, 0.05) is 6.20 Å². The van der Waals surface area contributed by atoms with Crippen LogP contribution >= 0.6 is 0 Å². The molecule has 0 saturated heterocycles. The van der Waals surface area contributed by atoms with E-state index in [-0.39, 0.29) is 0 Å². The van der Waals surface area contributed by atoms with Crippen molar-refractivity contribution in [1.82, 2.24) is 4.98 Å². The van der Waals surface area contributed by atoms with Gasteiger partial charge < -0.3 is 5.11 Å². The Labute approximate surface area is 112 Å². The summed E-state index contributed by atoms with van der Waals surface area (Å²) in [5.74, 6) is -1.43. The average molecular weight is 255 g/mol. The number of aromatic nitrogens is 1. The van der Waals surface area contributed by atoms with Gasteiger partial charge in [-0.3, -0.25) is 9.78 Å². The number of carboxylic acids is 1. The molecule has 2 aromatic rings. The van der Waals surface area contributed by atoms with Gasteiger partial charge in [-0.1, -0.05) is 30.3 Å². The second-order valence-electron chi connectivity index (χ2n) is 4.78. The minimum Gasteiger partial charge on any atom is -0.481 e. The smallest absolute Gasteiger partial charge is 0.312 e. The van der Waals surface area contributed by atoms with Gasteiger partial charge in [0.2, 0.25) is 0 Å². The molecule has 0 aliphatic carbocycles. The molecule has 0 bridgehead atoms. The fourth-order valence-electron chi connectivity index (χ4n) is 2.06. The largest absolute Gasteiger partial charge is 0.481 e. The minimum absolute atomic E-state index is 0.470. The molecule has 0 fully saturated rings. The van der Waals surface area contributed by atoms with Crippen molar-refractivity contribution >= 4 is 5.97 Å². The summed E-state index contributed by atoms with van der Waals surface area (Å²) in [6.07, 6.45) is 2.18. The first-order valence-corrected chi connectivity index (χ1v) is 6.28. The lowest BCUT2D eigenvalue weighted by atomic mass is 9.93. The summed E-state index contributed by atoms with van der Waals surface area (Å²) in [6.45, 7) is 3.94. The molecule has 0 amide bonds. The zero-order valence-electron chi connectivity index (χ0n) is 11.1. The number of carboxylic acid groups (broad SMARTS) is 1. The molecule has 0 spiro atoms. The molecule has 98 valence electrons. The minimum atomic E-state index is -0.834. The highest BCUT2D eigenvalue weighted by molar-refractivity contribution is 5.76. The Morgan fingerprint density at radius 3 is 2.53 bits per heavy atom. The molecule has 0 aliphatic rings. The lowest BCUT2D eigenvalue weighted by molar-refractivity contribution is -0.138. The summed E-state index contributed by atoms with van der Waals surface area (Å²) in [5.41, 5.74) is 3.81. The van der Waals surface area contributed by atoms with Crippen LogP contribution in [0.4, 0.5) is 0 Å². The predicted octanol–water partition coefficient (Wildman–Crippen LogP) is 3.11. The number of pyridine rings is 1.